The average Bonchev–Trinajstić information content (AvgIpc) is 2.77. The third kappa shape index (κ3) is 8.66. The molecule has 7 nitrogen and oxygen atoms in total. The van der Waals surface area contributed by atoms with Crippen LogP contribution in [0.25, 0.3) is 0 Å². The van der Waals surface area contributed by atoms with E-state index in [1.54, 1.807) is 17.9 Å². The Morgan fingerprint density at radius 1 is 0.972 bits per heavy atom. The molecule has 1 atom stereocenters. The maximum absolute atomic E-state index is 13.3. The number of carbonyl (C=O) groups is 2. The van der Waals surface area contributed by atoms with Gasteiger partial charge in [0.05, 0.1) is 11.9 Å². The normalized spacial score (nSPS) is 12.6. The van der Waals surface area contributed by atoms with Crippen molar-refractivity contribution in [2.24, 2.45) is 0 Å². The maximum atomic E-state index is 13.3. The van der Waals surface area contributed by atoms with Crippen molar-refractivity contribution in [3.8, 4) is 0 Å². The molecule has 0 fully saturated rings. The van der Waals surface area contributed by atoms with Crippen LogP contribution >= 0.6 is 0 Å². The van der Waals surface area contributed by atoms with Gasteiger partial charge in [0.2, 0.25) is 21.8 Å². The van der Waals surface area contributed by atoms with Gasteiger partial charge in [-0.25, -0.2) is 8.42 Å². The minimum Gasteiger partial charge on any atom is -0.350 e. The number of nitrogens with one attached hydrogen (secondary N) is 1. The molecule has 198 valence electrons. The van der Waals surface area contributed by atoms with Crippen LogP contribution in [0.4, 0.5) is 5.69 Å². The monoisotopic (exact) mass is 515 g/mol. The molecule has 1 N–H and O–H groups in total. The molecule has 2 aromatic rings. The Morgan fingerprint density at radius 2 is 1.61 bits per heavy atom. The summed E-state index contributed by atoms with van der Waals surface area (Å²) in [6, 6.07) is 14.7. The van der Waals surface area contributed by atoms with Gasteiger partial charge in [0, 0.05) is 25.0 Å². The number of hydrogen-bond donors (Lipinski definition) is 1. The van der Waals surface area contributed by atoms with Crippen molar-refractivity contribution >= 4 is 27.5 Å². The van der Waals surface area contributed by atoms with Crippen molar-refractivity contribution in [1.29, 1.82) is 0 Å². The second kappa shape index (κ2) is 12.4. The van der Waals surface area contributed by atoms with Crippen LogP contribution in [-0.2, 0) is 26.0 Å². The number of carbonyl (C=O) groups excluding carboxylic acids is 2. The molecule has 8 heteroatoms. The summed E-state index contributed by atoms with van der Waals surface area (Å²) in [5.41, 5.74) is 3.19. The van der Waals surface area contributed by atoms with Crippen molar-refractivity contribution < 1.29 is 18.0 Å². The Kier molecular flexibility index (Phi) is 10.1. The van der Waals surface area contributed by atoms with E-state index in [0.29, 0.717) is 25.1 Å². The van der Waals surface area contributed by atoms with Crippen LogP contribution in [0.1, 0.15) is 57.2 Å². The summed E-state index contributed by atoms with van der Waals surface area (Å²) < 4.78 is 26.5. The van der Waals surface area contributed by atoms with E-state index in [-0.39, 0.29) is 24.8 Å². The topological polar surface area (TPSA) is 86.8 Å². The minimum atomic E-state index is -3.53. The van der Waals surface area contributed by atoms with Crippen LogP contribution in [0.5, 0.6) is 0 Å². The van der Waals surface area contributed by atoms with Crippen molar-refractivity contribution in [3.05, 3.63) is 65.2 Å². The molecule has 0 unspecified atom stereocenters. The fraction of sp³-hybridized carbons (Fsp3) is 0.500. The third-order valence-electron chi connectivity index (χ3n) is 6.15. The van der Waals surface area contributed by atoms with Crippen LogP contribution in [0.15, 0.2) is 48.5 Å². The molecule has 0 aliphatic heterocycles. The van der Waals surface area contributed by atoms with Crippen molar-refractivity contribution in [2.75, 3.05) is 23.7 Å². The summed E-state index contributed by atoms with van der Waals surface area (Å²) in [4.78, 5) is 27.8. The Morgan fingerprint density at radius 3 is 2.19 bits per heavy atom. The Labute approximate surface area is 216 Å². The number of aryl methyl sites for hydroxylation is 1. The second-order valence-electron chi connectivity index (χ2n) is 10.4. The first kappa shape index (κ1) is 29.4. The molecule has 0 heterocycles. The zero-order valence-electron chi connectivity index (χ0n) is 22.7. The minimum absolute atomic E-state index is 0.138. The van der Waals surface area contributed by atoms with Gasteiger partial charge in [0.15, 0.2) is 0 Å². The number of hydrogen-bond acceptors (Lipinski definition) is 4. The number of anilines is 1. The van der Waals surface area contributed by atoms with E-state index in [2.05, 4.69) is 5.32 Å². The van der Waals surface area contributed by atoms with E-state index in [9.17, 15) is 18.0 Å². The Bertz CT molecular complexity index is 1140. The predicted octanol–water partition coefficient (Wildman–Crippen LogP) is 4.22. The van der Waals surface area contributed by atoms with Crippen molar-refractivity contribution in [1.82, 2.24) is 10.2 Å². The van der Waals surface area contributed by atoms with Crippen LogP contribution in [0.2, 0.25) is 0 Å². The first-order valence-corrected chi connectivity index (χ1v) is 14.2. The van der Waals surface area contributed by atoms with Gasteiger partial charge in [0.1, 0.15) is 6.04 Å². The fourth-order valence-electron chi connectivity index (χ4n) is 4.03. The number of rotatable bonds is 11. The quantitative estimate of drug-likeness (QED) is 0.485. The van der Waals surface area contributed by atoms with Crippen LogP contribution in [0, 0.1) is 13.8 Å². The molecular weight excluding hydrogens is 474 g/mol. The van der Waals surface area contributed by atoms with Crippen LogP contribution < -0.4 is 9.62 Å². The summed E-state index contributed by atoms with van der Waals surface area (Å²) in [5.74, 6) is -0.381. The maximum Gasteiger partial charge on any atom is 0.242 e. The van der Waals surface area contributed by atoms with Gasteiger partial charge in [-0.05, 0) is 77.1 Å². The summed E-state index contributed by atoms with van der Waals surface area (Å²) in [6.45, 7) is 11.9. The molecular formula is C28H41N3O4S. The number of nitrogens with zero attached hydrogens (tertiary/aromatic N) is 2. The molecule has 0 aliphatic rings. The van der Waals surface area contributed by atoms with Gasteiger partial charge in [0.25, 0.3) is 0 Å². The molecule has 0 aliphatic carbocycles. The zero-order valence-corrected chi connectivity index (χ0v) is 23.5. The van der Waals surface area contributed by atoms with Crippen LogP contribution in [0.3, 0.4) is 0 Å². The number of amides is 2. The van der Waals surface area contributed by atoms with Gasteiger partial charge in [-0.15, -0.1) is 0 Å². The lowest BCUT2D eigenvalue weighted by atomic mass is 10.1. The predicted molar refractivity (Wildman–Crippen MR) is 147 cm³/mol. The average molecular weight is 516 g/mol. The first-order valence-electron chi connectivity index (χ1n) is 12.4. The van der Waals surface area contributed by atoms with Crippen LogP contribution in [-0.4, -0.2) is 56.1 Å². The standard InChI is InChI=1S/C28H41N3O4S/c1-21-13-11-16-25(22(21)2)31(36(7,34)35)19-12-17-26(32)30(20-18-24-14-9-8-10-15-24)23(3)27(33)29-28(4,5)6/h8-11,13-16,23H,12,17-20H2,1-7H3,(H,29,33)/t23-/m1/s1. The lowest BCUT2D eigenvalue weighted by Gasteiger charge is -2.32. The smallest absolute Gasteiger partial charge is 0.242 e. The van der Waals surface area contributed by atoms with E-state index in [1.807, 2.05) is 77.1 Å². The SMILES string of the molecule is Cc1cccc(N(CCCC(=O)N(CCc2ccccc2)[C@H](C)C(=O)NC(C)(C)C)S(C)(=O)=O)c1C. The largest absolute Gasteiger partial charge is 0.350 e. The van der Waals surface area contributed by atoms with Gasteiger partial charge < -0.3 is 10.2 Å². The van der Waals surface area contributed by atoms with E-state index >= 15 is 0 Å². The second-order valence-corrected chi connectivity index (χ2v) is 12.3. The van der Waals surface area contributed by atoms with E-state index < -0.39 is 21.6 Å². The lowest BCUT2D eigenvalue weighted by Crippen LogP contribution is -2.53. The Hall–Kier alpha value is -2.87. The molecule has 0 saturated heterocycles. The highest BCUT2D eigenvalue weighted by atomic mass is 32.2. The van der Waals surface area contributed by atoms with E-state index in [0.717, 1.165) is 16.7 Å². The van der Waals surface area contributed by atoms with E-state index in [1.165, 1.54) is 10.6 Å². The number of sulfonamides is 1. The van der Waals surface area contributed by atoms with Gasteiger partial charge in [-0.3, -0.25) is 13.9 Å². The summed E-state index contributed by atoms with van der Waals surface area (Å²) in [6.07, 6.45) is 2.28. The van der Waals surface area contributed by atoms with Gasteiger partial charge in [-0.1, -0.05) is 42.5 Å². The highest BCUT2D eigenvalue weighted by molar-refractivity contribution is 7.92. The Balaban J connectivity index is 2.16. The molecule has 0 bridgehead atoms. The van der Waals surface area contributed by atoms with Crippen molar-refractivity contribution in [3.63, 3.8) is 0 Å². The highest BCUT2D eigenvalue weighted by Crippen LogP contribution is 2.25. The van der Waals surface area contributed by atoms with Crippen molar-refractivity contribution in [2.45, 2.75) is 72.4 Å². The zero-order chi connectivity index (χ0) is 27.1. The molecule has 0 spiro atoms. The molecule has 36 heavy (non-hydrogen) atoms. The number of benzene rings is 2. The highest BCUT2D eigenvalue weighted by Gasteiger charge is 2.28. The molecule has 0 saturated carbocycles. The lowest BCUT2D eigenvalue weighted by molar-refractivity contribution is -0.140. The van der Waals surface area contributed by atoms with Gasteiger partial charge in [-0.2, -0.15) is 0 Å². The molecule has 0 radical (unpaired) electrons. The summed E-state index contributed by atoms with van der Waals surface area (Å²) >= 11 is 0. The summed E-state index contributed by atoms with van der Waals surface area (Å²) in [7, 11) is -3.53. The first-order chi connectivity index (χ1) is 16.7. The molecule has 2 amide bonds. The van der Waals surface area contributed by atoms with Gasteiger partial charge >= 0.3 is 0 Å². The molecule has 2 aromatic carbocycles. The van der Waals surface area contributed by atoms with E-state index in [4.69, 9.17) is 0 Å². The molecule has 0 aromatic heterocycles. The fourth-order valence-corrected chi connectivity index (χ4v) is 5.05. The molecule has 2 rings (SSSR count). The third-order valence-corrected chi connectivity index (χ3v) is 7.33. The summed E-state index contributed by atoms with van der Waals surface area (Å²) in [5, 5.41) is 2.96.